The van der Waals surface area contributed by atoms with E-state index in [4.69, 9.17) is 21.8 Å². The summed E-state index contributed by atoms with van der Waals surface area (Å²) < 4.78 is 0. The summed E-state index contributed by atoms with van der Waals surface area (Å²) in [5.74, 6) is 0.808. The molecule has 4 nitrogen and oxygen atoms in total. The van der Waals surface area contributed by atoms with Gasteiger partial charge in [-0.2, -0.15) is 0 Å². The lowest BCUT2D eigenvalue weighted by atomic mass is 10.2. The summed E-state index contributed by atoms with van der Waals surface area (Å²) >= 11 is 5.88. The minimum atomic E-state index is -0.0767. The molecule has 0 aliphatic heterocycles. The largest absolute Gasteiger partial charge is 0.396 e. The van der Waals surface area contributed by atoms with Gasteiger partial charge in [0.25, 0.3) is 0 Å². The van der Waals surface area contributed by atoms with Crippen LogP contribution in [0.25, 0.3) is 0 Å². The Balaban J connectivity index is 2.53. The molecular formula is C12H19ClN2O2. The number of aromatic nitrogens is 1. The lowest BCUT2D eigenvalue weighted by molar-refractivity contribution is 0.281. The average Bonchev–Trinajstić information content (AvgIpc) is 2.35. The molecular weight excluding hydrogens is 240 g/mol. The molecule has 0 saturated carbocycles. The molecule has 17 heavy (non-hydrogen) atoms. The second-order valence-electron chi connectivity index (χ2n) is 4.00. The van der Waals surface area contributed by atoms with Gasteiger partial charge >= 0.3 is 0 Å². The van der Waals surface area contributed by atoms with Crippen molar-refractivity contribution in [2.45, 2.75) is 25.9 Å². The van der Waals surface area contributed by atoms with Crippen LogP contribution in [0.1, 0.15) is 24.8 Å². The lowest BCUT2D eigenvalue weighted by Gasteiger charge is -2.18. The predicted molar refractivity (Wildman–Crippen MR) is 69.4 cm³/mol. The molecule has 0 saturated heterocycles. The lowest BCUT2D eigenvalue weighted by Crippen LogP contribution is -2.20. The van der Waals surface area contributed by atoms with Crippen molar-refractivity contribution in [3.05, 3.63) is 22.8 Å². The van der Waals surface area contributed by atoms with E-state index in [9.17, 15) is 0 Å². The Hall–Kier alpha value is -0.840. The summed E-state index contributed by atoms with van der Waals surface area (Å²) in [7, 11) is 1.95. The zero-order chi connectivity index (χ0) is 12.7. The van der Waals surface area contributed by atoms with E-state index in [1.54, 1.807) is 12.3 Å². The fraction of sp³-hybridized carbons (Fsp3) is 0.583. The van der Waals surface area contributed by atoms with Crippen molar-refractivity contribution in [2.24, 2.45) is 0 Å². The molecule has 0 radical (unpaired) electrons. The summed E-state index contributed by atoms with van der Waals surface area (Å²) in [6.45, 7) is 1.05. The third kappa shape index (κ3) is 4.50. The molecule has 0 atom stereocenters. The van der Waals surface area contributed by atoms with E-state index in [0.717, 1.165) is 31.6 Å². The van der Waals surface area contributed by atoms with E-state index in [1.807, 2.05) is 11.9 Å². The number of aliphatic hydroxyl groups excluding tert-OH is 2. The highest BCUT2D eigenvalue weighted by Gasteiger charge is 2.06. The Kier molecular flexibility index (Phi) is 6.26. The van der Waals surface area contributed by atoms with Crippen molar-refractivity contribution in [2.75, 3.05) is 25.1 Å². The van der Waals surface area contributed by atoms with Gasteiger partial charge in [-0.15, -0.1) is 0 Å². The zero-order valence-corrected chi connectivity index (χ0v) is 10.8. The van der Waals surface area contributed by atoms with Crippen LogP contribution in [0.4, 0.5) is 5.82 Å². The summed E-state index contributed by atoms with van der Waals surface area (Å²) in [6.07, 6.45) is 4.41. The van der Waals surface area contributed by atoms with Gasteiger partial charge in [-0.3, -0.25) is 0 Å². The number of anilines is 1. The average molecular weight is 259 g/mol. The molecule has 1 rings (SSSR count). The van der Waals surface area contributed by atoms with E-state index in [-0.39, 0.29) is 13.2 Å². The van der Waals surface area contributed by atoms with Crippen molar-refractivity contribution in [3.63, 3.8) is 0 Å². The van der Waals surface area contributed by atoms with Crippen LogP contribution in [0.2, 0.25) is 5.02 Å². The summed E-state index contributed by atoms with van der Waals surface area (Å²) in [5.41, 5.74) is 0.693. The molecule has 1 aromatic heterocycles. The second-order valence-corrected chi connectivity index (χ2v) is 4.41. The highest BCUT2D eigenvalue weighted by atomic mass is 35.5. The Morgan fingerprint density at radius 1 is 1.29 bits per heavy atom. The van der Waals surface area contributed by atoms with Crippen LogP contribution >= 0.6 is 11.6 Å². The summed E-state index contributed by atoms with van der Waals surface area (Å²) in [4.78, 5) is 6.24. The van der Waals surface area contributed by atoms with Crippen LogP contribution in [0.3, 0.4) is 0 Å². The SMILES string of the molecule is CN(CCCCCO)c1cc(CO)c(Cl)cn1. The normalized spacial score (nSPS) is 10.6. The van der Waals surface area contributed by atoms with E-state index >= 15 is 0 Å². The maximum atomic E-state index is 9.11. The van der Waals surface area contributed by atoms with Crippen molar-refractivity contribution in [1.29, 1.82) is 0 Å². The Morgan fingerprint density at radius 2 is 2.06 bits per heavy atom. The summed E-state index contributed by atoms with van der Waals surface area (Å²) in [6, 6.07) is 1.80. The number of hydrogen-bond acceptors (Lipinski definition) is 4. The number of halogens is 1. The Labute approximate surface area is 107 Å². The Morgan fingerprint density at radius 3 is 2.71 bits per heavy atom. The molecule has 1 aromatic rings. The van der Waals surface area contributed by atoms with Crippen LogP contribution in [0.5, 0.6) is 0 Å². The Bertz CT molecular complexity index is 347. The quantitative estimate of drug-likeness (QED) is 0.733. The first-order valence-corrected chi connectivity index (χ1v) is 6.14. The highest BCUT2D eigenvalue weighted by molar-refractivity contribution is 6.31. The molecule has 0 amide bonds. The minimum absolute atomic E-state index is 0.0767. The van der Waals surface area contributed by atoms with E-state index in [1.165, 1.54) is 0 Å². The number of pyridine rings is 1. The first-order valence-electron chi connectivity index (χ1n) is 5.76. The molecule has 0 fully saturated rings. The van der Waals surface area contributed by atoms with Gasteiger partial charge in [0.2, 0.25) is 0 Å². The van der Waals surface area contributed by atoms with Crippen molar-refractivity contribution >= 4 is 17.4 Å². The first-order chi connectivity index (χ1) is 8.19. The van der Waals surface area contributed by atoms with Crippen LogP contribution in [-0.4, -0.2) is 35.4 Å². The number of hydrogen-bond donors (Lipinski definition) is 2. The fourth-order valence-electron chi connectivity index (χ4n) is 1.55. The van der Waals surface area contributed by atoms with E-state index < -0.39 is 0 Å². The van der Waals surface area contributed by atoms with Crippen molar-refractivity contribution in [1.82, 2.24) is 4.98 Å². The smallest absolute Gasteiger partial charge is 0.128 e. The zero-order valence-electron chi connectivity index (χ0n) is 10.1. The summed E-state index contributed by atoms with van der Waals surface area (Å²) in [5, 5.41) is 18.3. The van der Waals surface area contributed by atoms with E-state index in [0.29, 0.717) is 10.6 Å². The molecule has 0 aliphatic carbocycles. The number of aliphatic hydroxyl groups is 2. The van der Waals surface area contributed by atoms with Crippen molar-refractivity contribution in [3.8, 4) is 0 Å². The topological polar surface area (TPSA) is 56.6 Å². The standard InChI is InChI=1S/C12H19ClN2O2/c1-15(5-3-2-4-6-16)12-7-10(9-17)11(13)8-14-12/h7-8,16-17H,2-6,9H2,1H3. The van der Waals surface area contributed by atoms with Crippen LogP contribution in [-0.2, 0) is 6.61 Å². The third-order valence-corrected chi connectivity index (χ3v) is 2.97. The van der Waals surface area contributed by atoms with Gasteiger partial charge in [0, 0.05) is 32.0 Å². The molecule has 0 unspecified atom stereocenters. The monoisotopic (exact) mass is 258 g/mol. The van der Waals surface area contributed by atoms with Crippen LogP contribution in [0.15, 0.2) is 12.3 Å². The molecule has 0 spiro atoms. The number of unbranched alkanes of at least 4 members (excludes halogenated alkanes) is 2. The van der Waals surface area contributed by atoms with E-state index in [2.05, 4.69) is 4.98 Å². The number of rotatable bonds is 7. The van der Waals surface area contributed by atoms with Gasteiger partial charge in [0.15, 0.2) is 0 Å². The van der Waals surface area contributed by atoms with Gasteiger partial charge in [0.05, 0.1) is 11.6 Å². The van der Waals surface area contributed by atoms with Gasteiger partial charge in [-0.05, 0) is 25.3 Å². The molecule has 0 aliphatic rings. The predicted octanol–water partition coefficient (Wildman–Crippen LogP) is 1.83. The van der Waals surface area contributed by atoms with Gasteiger partial charge < -0.3 is 15.1 Å². The van der Waals surface area contributed by atoms with Gasteiger partial charge in [0.1, 0.15) is 5.82 Å². The maximum Gasteiger partial charge on any atom is 0.128 e. The maximum absolute atomic E-state index is 9.11. The van der Waals surface area contributed by atoms with Crippen molar-refractivity contribution < 1.29 is 10.2 Å². The highest BCUT2D eigenvalue weighted by Crippen LogP contribution is 2.20. The third-order valence-electron chi connectivity index (χ3n) is 2.63. The van der Waals surface area contributed by atoms with Crippen LogP contribution in [0, 0.1) is 0 Å². The first kappa shape index (κ1) is 14.2. The molecule has 1 heterocycles. The molecule has 96 valence electrons. The fourth-order valence-corrected chi connectivity index (χ4v) is 1.71. The van der Waals surface area contributed by atoms with Gasteiger partial charge in [-0.1, -0.05) is 11.6 Å². The molecule has 0 aromatic carbocycles. The molecule has 0 bridgehead atoms. The second kappa shape index (κ2) is 7.48. The number of nitrogens with zero attached hydrogens (tertiary/aromatic N) is 2. The molecule has 2 N–H and O–H groups in total. The minimum Gasteiger partial charge on any atom is -0.396 e. The van der Waals surface area contributed by atoms with Crippen LogP contribution < -0.4 is 4.90 Å². The molecule has 5 heteroatoms. The van der Waals surface area contributed by atoms with Gasteiger partial charge in [-0.25, -0.2) is 4.98 Å².